The first-order chi connectivity index (χ1) is 2.27. The van der Waals surface area contributed by atoms with E-state index in [-0.39, 0.29) is 0 Å². The summed E-state index contributed by atoms with van der Waals surface area (Å²) in [4.78, 5) is 9.32. The number of carbonyl (C=O) groups excluding carboxylic acids is 1. The molecule has 3 nitrogen and oxygen atoms in total. The van der Waals surface area contributed by atoms with Gasteiger partial charge in [-0.2, -0.15) is 0 Å². The Bertz CT molecular complexity index is 44.9. The van der Waals surface area contributed by atoms with Gasteiger partial charge in [0.1, 0.15) is 0 Å². The zero-order valence-corrected chi connectivity index (χ0v) is 3.86. The highest BCUT2D eigenvalue weighted by atomic mass is 79.9. The molecule has 0 fully saturated rings. The molecule has 0 bridgehead atoms. The topological polar surface area (TPSA) is 52.3 Å². The van der Waals surface area contributed by atoms with Crippen molar-refractivity contribution in [2.45, 2.75) is 0 Å². The highest BCUT2D eigenvalue weighted by molar-refractivity contribution is 9.06. The molecule has 0 heterocycles. The minimum atomic E-state index is -0.829. The molecular weight excluding hydrogens is 138 g/mol. The van der Waals surface area contributed by atoms with Gasteiger partial charge in [0, 0.05) is 0 Å². The average Bonchev–Trinajstić information content (AvgIpc) is 1.38. The first-order valence-electron chi connectivity index (χ1n) is 0.851. The highest BCUT2D eigenvalue weighted by Gasteiger charge is 1.79. The van der Waals surface area contributed by atoms with E-state index in [0.29, 0.717) is 0 Å². The second kappa shape index (κ2) is 2.02. The van der Waals surface area contributed by atoms with Crippen molar-refractivity contribution in [3.63, 3.8) is 0 Å². The van der Waals surface area contributed by atoms with Gasteiger partial charge < -0.3 is 9.56 Å². The van der Waals surface area contributed by atoms with Gasteiger partial charge in [-0.25, -0.2) is 4.79 Å². The lowest BCUT2D eigenvalue weighted by molar-refractivity contribution is 0.221. The standard InChI is InChI=1S/CH2BrNO2/c2-5-1(3)4/h(H2,3,4). The third kappa shape index (κ3) is 3.75. The van der Waals surface area contributed by atoms with E-state index in [0.717, 1.165) is 0 Å². The lowest BCUT2D eigenvalue weighted by atomic mass is 11.3. The van der Waals surface area contributed by atoms with Crippen LogP contribution in [0, 0.1) is 0 Å². The minimum Gasteiger partial charge on any atom is -0.367 e. The van der Waals surface area contributed by atoms with Gasteiger partial charge in [0.05, 0.1) is 0 Å². The Balaban J connectivity index is 2.85. The Morgan fingerprint density at radius 1 is 2.00 bits per heavy atom. The largest absolute Gasteiger partial charge is 0.416 e. The molecule has 0 aliphatic heterocycles. The van der Waals surface area contributed by atoms with Crippen LogP contribution in [0.1, 0.15) is 0 Å². The SMILES string of the molecule is NC(=O)OBr. The van der Waals surface area contributed by atoms with E-state index >= 15 is 0 Å². The van der Waals surface area contributed by atoms with Gasteiger partial charge in [-0.05, 0) is 0 Å². The summed E-state index contributed by atoms with van der Waals surface area (Å²) >= 11 is 2.34. The number of hydrogen-bond donors (Lipinski definition) is 1. The van der Waals surface area contributed by atoms with Gasteiger partial charge in [-0.15, -0.1) is 0 Å². The average molecular weight is 140 g/mol. The first-order valence-corrected chi connectivity index (χ1v) is 1.50. The Morgan fingerprint density at radius 3 is 2.20 bits per heavy atom. The number of hydrogen-bond acceptors (Lipinski definition) is 2. The molecule has 0 radical (unpaired) electrons. The van der Waals surface area contributed by atoms with Gasteiger partial charge in [0.15, 0.2) is 16.3 Å². The lowest BCUT2D eigenvalue weighted by Crippen LogP contribution is -2.05. The molecule has 4 heteroatoms. The summed E-state index contributed by atoms with van der Waals surface area (Å²) in [5.41, 5.74) is 4.38. The molecule has 1 amide bonds. The monoisotopic (exact) mass is 139 g/mol. The normalized spacial score (nSPS) is 6.60. The number of amides is 1. The number of carbonyl (C=O) groups is 1. The van der Waals surface area contributed by atoms with Crippen LogP contribution < -0.4 is 5.73 Å². The Labute approximate surface area is 37.5 Å². The third-order valence-electron chi connectivity index (χ3n) is 0.0760. The maximum atomic E-state index is 9.32. The highest BCUT2D eigenvalue weighted by Crippen LogP contribution is 1.78. The summed E-state index contributed by atoms with van der Waals surface area (Å²) in [5.74, 6) is 0. The fraction of sp³-hybridized carbons (Fsp3) is 0. The summed E-state index contributed by atoms with van der Waals surface area (Å²) in [7, 11) is 0. The van der Waals surface area contributed by atoms with E-state index in [1.165, 1.54) is 0 Å². The number of rotatable bonds is 0. The Hall–Kier alpha value is -0.250. The van der Waals surface area contributed by atoms with E-state index in [9.17, 15) is 4.79 Å². The van der Waals surface area contributed by atoms with E-state index < -0.39 is 6.09 Å². The van der Waals surface area contributed by atoms with Crippen LogP contribution in [0.3, 0.4) is 0 Å². The van der Waals surface area contributed by atoms with Crippen LogP contribution in [0.15, 0.2) is 0 Å². The molecule has 5 heavy (non-hydrogen) atoms. The molecule has 0 aromatic rings. The van der Waals surface area contributed by atoms with Crippen LogP contribution in [0.5, 0.6) is 0 Å². The van der Waals surface area contributed by atoms with Crippen molar-refractivity contribution in [1.82, 2.24) is 0 Å². The molecule has 0 saturated carbocycles. The zero-order valence-electron chi connectivity index (χ0n) is 2.27. The predicted molar refractivity (Wildman–Crippen MR) is 19.6 cm³/mol. The minimum absolute atomic E-state index is 0.829. The van der Waals surface area contributed by atoms with E-state index in [1.807, 2.05) is 0 Å². The summed E-state index contributed by atoms with van der Waals surface area (Å²) in [6.07, 6.45) is -0.829. The summed E-state index contributed by atoms with van der Waals surface area (Å²) in [6, 6.07) is 0. The van der Waals surface area contributed by atoms with Crippen LogP contribution in [-0.2, 0) is 3.83 Å². The van der Waals surface area contributed by atoms with Crippen molar-refractivity contribution in [2.75, 3.05) is 0 Å². The molecule has 0 atom stereocenters. The van der Waals surface area contributed by atoms with Crippen molar-refractivity contribution in [2.24, 2.45) is 5.73 Å². The Kier molecular flexibility index (Phi) is 1.92. The summed E-state index contributed by atoms with van der Waals surface area (Å²) in [5, 5.41) is 0. The fourth-order valence-electron chi connectivity index (χ4n) is 0. The quantitative estimate of drug-likeness (QED) is 0.529. The number of primary amides is 1. The molecule has 0 aliphatic rings. The maximum Gasteiger partial charge on any atom is 0.416 e. The molecule has 0 saturated heterocycles. The number of nitrogens with two attached hydrogens (primary N) is 1. The second-order valence-corrected chi connectivity index (χ2v) is 0.720. The molecule has 0 spiro atoms. The van der Waals surface area contributed by atoms with Crippen LogP contribution in [0.2, 0.25) is 0 Å². The van der Waals surface area contributed by atoms with Crippen LogP contribution in [-0.4, -0.2) is 6.09 Å². The molecular formula is CH2BrNO2. The van der Waals surface area contributed by atoms with Gasteiger partial charge in [-0.3, -0.25) is 0 Å². The molecule has 0 rings (SSSR count). The van der Waals surface area contributed by atoms with Crippen molar-refractivity contribution in [3.05, 3.63) is 0 Å². The predicted octanol–water partition coefficient (Wildman–Crippen LogP) is 0.392. The second-order valence-electron chi connectivity index (χ2n) is 0.396. The molecule has 2 N–H and O–H groups in total. The van der Waals surface area contributed by atoms with Gasteiger partial charge in [0.2, 0.25) is 0 Å². The maximum absolute atomic E-state index is 9.32. The zero-order chi connectivity index (χ0) is 4.28. The molecule has 0 aromatic heterocycles. The van der Waals surface area contributed by atoms with Crippen molar-refractivity contribution in [1.29, 1.82) is 0 Å². The van der Waals surface area contributed by atoms with Gasteiger partial charge in [-0.1, -0.05) is 0 Å². The van der Waals surface area contributed by atoms with E-state index in [1.54, 1.807) is 0 Å². The Morgan fingerprint density at radius 2 is 2.20 bits per heavy atom. The van der Waals surface area contributed by atoms with Crippen molar-refractivity contribution in [3.8, 4) is 0 Å². The molecule has 0 aromatic carbocycles. The smallest absolute Gasteiger partial charge is 0.367 e. The first kappa shape index (κ1) is 4.75. The van der Waals surface area contributed by atoms with Crippen LogP contribution in [0.4, 0.5) is 4.79 Å². The van der Waals surface area contributed by atoms with E-state index in [4.69, 9.17) is 0 Å². The summed E-state index contributed by atoms with van der Waals surface area (Å²) in [6.45, 7) is 0. The van der Waals surface area contributed by atoms with Crippen molar-refractivity contribution >= 4 is 22.4 Å². The summed E-state index contributed by atoms with van der Waals surface area (Å²) < 4.78 is 3.70. The fourth-order valence-corrected chi connectivity index (χ4v) is 0. The van der Waals surface area contributed by atoms with E-state index in [2.05, 4.69) is 25.8 Å². The van der Waals surface area contributed by atoms with Crippen LogP contribution >= 0.6 is 16.3 Å². The molecule has 0 unspecified atom stereocenters. The molecule has 30 valence electrons. The number of halogens is 1. The van der Waals surface area contributed by atoms with Gasteiger partial charge in [0.25, 0.3) is 0 Å². The van der Waals surface area contributed by atoms with Crippen molar-refractivity contribution < 1.29 is 8.62 Å². The van der Waals surface area contributed by atoms with Crippen LogP contribution in [0.25, 0.3) is 0 Å². The lowest BCUT2D eigenvalue weighted by Gasteiger charge is -1.76. The third-order valence-corrected chi connectivity index (χ3v) is 0.395. The molecule has 0 aliphatic carbocycles. The van der Waals surface area contributed by atoms with Gasteiger partial charge >= 0.3 is 6.09 Å².